The maximum absolute atomic E-state index is 3.68. The second-order valence-electron chi connectivity index (χ2n) is 4.96. The van der Waals surface area contributed by atoms with Gasteiger partial charge in [0, 0.05) is 24.7 Å². The summed E-state index contributed by atoms with van der Waals surface area (Å²) in [4.78, 5) is 3.55. The minimum Gasteiger partial charge on any atom is -0.376 e. The summed E-state index contributed by atoms with van der Waals surface area (Å²) >= 11 is 1.93. The van der Waals surface area contributed by atoms with Crippen molar-refractivity contribution < 1.29 is 0 Å². The van der Waals surface area contributed by atoms with Crippen LogP contribution in [-0.4, -0.2) is 19.8 Å². The Kier molecular flexibility index (Phi) is 3.38. The van der Waals surface area contributed by atoms with Crippen LogP contribution in [0.2, 0.25) is 0 Å². The molecule has 0 bridgehead atoms. The van der Waals surface area contributed by atoms with Gasteiger partial charge in [-0.1, -0.05) is 30.3 Å². The highest BCUT2D eigenvalue weighted by atomic mass is 32.2. The van der Waals surface area contributed by atoms with Gasteiger partial charge in [0.25, 0.3) is 0 Å². The third kappa shape index (κ3) is 2.43. The summed E-state index contributed by atoms with van der Waals surface area (Å²) in [5, 5.41) is 3.68. The van der Waals surface area contributed by atoms with E-state index in [-0.39, 0.29) is 0 Å². The van der Waals surface area contributed by atoms with E-state index in [1.807, 2.05) is 11.8 Å². The molecule has 0 saturated carbocycles. The van der Waals surface area contributed by atoms with Crippen molar-refractivity contribution >= 4 is 23.1 Å². The molecule has 2 aromatic carbocycles. The fourth-order valence-electron chi connectivity index (χ4n) is 2.46. The van der Waals surface area contributed by atoms with E-state index in [1.54, 1.807) is 0 Å². The molecule has 1 N–H and O–H groups in total. The van der Waals surface area contributed by atoms with E-state index in [0.29, 0.717) is 6.04 Å². The molecule has 2 aromatic rings. The van der Waals surface area contributed by atoms with Crippen molar-refractivity contribution in [2.45, 2.75) is 10.9 Å². The van der Waals surface area contributed by atoms with E-state index in [4.69, 9.17) is 0 Å². The fourth-order valence-corrected chi connectivity index (χ4v) is 3.62. The second-order valence-corrected chi connectivity index (χ2v) is 6.02. The zero-order chi connectivity index (χ0) is 13.2. The predicted molar refractivity (Wildman–Crippen MR) is 84.3 cm³/mol. The van der Waals surface area contributed by atoms with Gasteiger partial charge in [-0.3, -0.25) is 0 Å². The van der Waals surface area contributed by atoms with Crippen LogP contribution in [0.1, 0.15) is 11.6 Å². The smallest absolute Gasteiger partial charge is 0.0619 e. The van der Waals surface area contributed by atoms with Crippen LogP contribution in [-0.2, 0) is 0 Å². The Morgan fingerprint density at radius 3 is 2.63 bits per heavy atom. The molecule has 3 rings (SSSR count). The molecule has 98 valence electrons. The highest BCUT2D eigenvalue weighted by Gasteiger charge is 2.23. The maximum Gasteiger partial charge on any atom is 0.0619 e. The lowest BCUT2D eigenvalue weighted by molar-refractivity contribution is 0.898. The Hall–Kier alpha value is -1.61. The van der Waals surface area contributed by atoms with Crippen LogP contribution in [0.15, 0.2) is 53.4 Å². The molecule has 0 spiro atoms. The highest BCUT2D eigenvalue weighted by molar-refractivity contribution is 7.99. The number of benzene rings is 2. The fraction of sp³-hybridized carbons (Fsp3) is 0.250. The molecule has 0 radical (unpaired) electrons. The van der Waals surface area contributed by atoms with Crippen LogP contribution < -0.4 is 10.2 Å². The van der Waals surface area contributed by atoms with E-state index in [2.05, 4.69) is 72.8 Å². The summed E-state index contributed by atoms with van der Waals surface area (Å²) in [6, 6.07) is 17.5. The van der Waals surface area contributed by atoms with Crippen molar-refractivity contribution in [3.05, 3.63) is 54.1 Å². The van der Waals surface area contributed by atoms with Gasteiger partial charge in [0.05, 0.1) is 17.4 Å². The normalized spacial score (nSPS) is 17.1. The number of nitrogens with zero attached hydrogens (tertiary/aromatic N) is 1. The molecule has 0 aliphatic carbocycles. The molecule has 2 nitrogen and oxygen atoms in total. The van der Waals surface area contributed by atoms with Gasteiger partial charge in [-0.2, -0.15) is 0 Å². The molecule has 0 saturated heterocycles. The predicted octanol–water partition coefficient (Wildman–Crippen LogP) is 4.01. The van der Waals surface area contributed by atoms with E-state index in [1.165, 1.54) is 21.8 Å². The Morgan fingerprint density at radius 1 is 1.05 bits per heavy atom. The van der Waals surface area contributed by atoms with Crippen molar-refractivity contribution in [1.29, 1.82) is 0 Å². The number of anilines is 2. The number of nitrogens with one attached hydrogen (secondary N) is 1. The monoisotopic (exact) mass is 270 g/mol. The second kappa shape index (κ2) is 5.17. The SMILES string of the molecule is CN(C)c1ccccc1NC1CSc2ccccc21. The van der Waals surface area contributed by atoms with E-state index in [9.17, 15) is 0 Å². The third-order valence-corrected chi connectivity index (χ3v) is 4.60. The molecule has 0 fully saturated rings. The van der Waals surface area contributed by atoms with Crippen molar-refractivity contribution in [2.75, 3.05) is 30.1 Å². The van der Waals surface area contributed by atoms with E-state index in [0.717, 1.165) is 5.75 Å². The third-order valence-electron chi connectivity index (χ3n) is 3.42. The van der Waals surface area contributed by atoms with Gasteiger partial charge < -0.3 is 10.2 Å². The van der Waals surface area contributed by atoms with Gasteiger partial charge in [-0.25, -0.2) is 0 Å². The van der Waals surface area contributed by atoms with Gasteiger partial charge in [0.15, 0.2) is 0 Å². The average molecular weight is 270 g/mol. The van der Waals surface area contributed by atoms with E-state index >= 15 is 0 Å². The van der Waals surface area contributed by atoms with Gasteiger partial charge in [0.2, 0.25) is 0 Å². The molecule has 19 heavy (non-hydrogen) atoms. The minimum atomic E-state index is 0.405. The summed E-state index contributed by atoms with van der Waals surface area (Å²) in [7, 11) is 4.16. The number of fused-ring (bicyclic) bond motifs is 1. The summed E-state index contributed by atoms with van der Waals surface area (Å²) in [6.07, 6.45) is 0. The molecule has 1 atom stereocenters. The first-order valence-corrected chi connectivity index (χ1v) is 7.49. The molecular weight excluding hydrogens is 252 g/mol. The molecular formula is C16H18N2S. The lowest BCUT2D eigenvalue weighted by atomic mass is 10.1. The van der Waals surface area contributed by atoms with Crippen LogP contribution >= 0.6 is 11.8 Å². The summed E-state index contributed by atoms with van der Waals surface area (Å²) in [5.41, 5.74) is 3.85. The number of rotatable bonds is 3. The molecule has 1 aliphatic heterocycles. The molecule has 0 amide bonds. The molecule has 1 unspecified atom stereocenters. The van der Waals surface area contributed by atoms with Crippen LogP contribution in [0, 0.1) is 0 Å². The zero-order valence-electron chi connectivity index (χ0n) is 11.3. The number of thioether (sulfide) groups is 1. The first-order chi connectivity index (χ1) is 9.25. The Labute approximate surface area is 118 Å². The molecule has 3 heteroatoms. The Balaban J connectivity index is 1.88. The van der Waals surface area contributed by atoms with Gasteiger partial charge in [-0.15, -0.1) is 11.8 Å². The highest BCUT2D eigenvalue weighted by Crippen LogP contribution is 2.40. The molecule has 1 aliphatic rings. The van der Waals surface area contributed by atoms with Crippen molar-refractivity contribution in [2.24, 2.45) is 0 Å². The largest absolute Gasteiger partial charge is 0.376 e. The minimum absolute atomic E-state index is 0.405. The number of hydrogen-bond donors (Lipinski definition) is 1. The first kappa shape index (κ1) is 12.4. The van der Waals surface area contributed by atoms with Gasteiger partial charge >= 0.3 is 0 Å². The summed E-state index contributed by atoms with van der Waals surface area (Å²) < 4.78 is 0. The lowest BCUT2D eigenvalue weighted by Crippen LogP contribution is -2.15. The summed E-state index contributed by atoms with van der Waals surface area (Å²) in [6.45, 7) is 0. The first-order valence-electron chi connectivity index (χ1n) is 6.50. The van der Waals surface area contributed by atoms with Gasteiger partial charge in [-0.05, 0) is 23.8 Å². The van der Waals surface area contributed by atoms with Crippen LogP contribution in [0.3, 0.4) is 0 Å². The summed E-state index contributed by atoms with van der Waals surface area (Å²) in [5.74, 6) is 1.10. The van der Waals surface area contributed by atoms with Crippen molar-refractivity contribution in [3.63, 3.8) is 0 Å². The average Bonchev–Trinajstić information content (AvgIpc) is 2.83. The molecule has 0 aromatic heterocycles. The number of hydrogen-bond acceptors (Lipinski definition) is 3. The number of para-hydroxylation sites is 2. The van der Waals surface area contributed by atoms with Crippen molar-refractivity contribution in [3.8, 4) is 0 Å². The van der Waals surface area contributed by atoms with Crippen LogP contribution in [0.4, 0.5) is 11.4 Å². The Bertz CT molecular complexity index is 580. The standard InChI is InChI=1S/C16H18N2S/c1-18(2)15-9-5-4-8-13(15)17-14-11-19-16-10-6-3-7-12(14)16/h3-10,14,17H,11H2,1-2H3. The maximum atomic E-state index is 3.68. The topological polar surface area (TPSA) is 15.3 Å². The van der Waals surface area contributed by atoms with Crippen LogP contribution in [0.5, 0.6) is 0 Å². The lowest BCUT2D eigenvalue weighted by Gasteiger charge is -2.21. The molecule has 1 heterocycles. The quantitative estimate of drug-likeness (QED) is 0.907. The Morgan fingerprint density at radius 2 is 1.79 bits per heavy atom. The zero-order valence-corrected chi connectivity index (χ0v) is 12.1. The van der Waals surface area contributed by atoms with E-state index < -0.39 is 0 Å². The van der Waals surface area contributed by atoms with Gasteiger partial charge in [0.1, 0.15) is 0 Å². The van der Waals surface area contributed by atoms with Crippen LogP contribution in [0.25, 0.3) is 0 Å². The van der Waals surface area contributed by atoms with Crippen molar-refractivity contribution in [1.82, 2.24) is 0 Å².